The second-order valence-electron chi connectivity index (χ2n) is 5.33. The third kappa shape index (κ3) is 3.06. The van der Waals surface area contributed by atoms with E-state index in [1.807, 2.05) is 6.07 Å². The van der Waals surface area contributed by atoms with Crippen molar-refractivity contribution in [1.29, 1.82) is 5.26 Å². The Hall–Kier alpha value is -3.86. The van der Waals surface area contributed by atoms with E-state index in [0.717, 1.165) is 5.56 Å². The fourth-order valence-corrected chi connectivity index (χ4v) is 2.53. The van der Waals surface area contributed by atoms with E-state index in [-0.39, 0.29) is 17.3 Å². The van der Waals surface area contributed by atoms with Crippen molar-refractivity contribution in [3.63, 3.8) is 0 Å². The number of hydrogen-bond acceptors (Lipinski definition) is 8. The molecule has 0 saturated carbocycles. The van der Waals surface area contributed by atoms with Gasteiger partial charge in [-0.25, -0.2) is 15.0 Å². The lowest BCUT2D eigenvalue weighted by Crippen LogP contribution is -2.01. The number of aromatic nitrogens is 3. The van der Waals surface area contributed by atoms with Crippen molar-refractivity contribution in [2.24, 2.45) is 0 Å². The molecule has 0 unspecified atom stereocenters. The van der Waals surface area contributed by atoms with E-state index in [2.05, 4.69) is 21.0 Å². The standard InChI is InChI=1S/C18H16N6O2/c1-25-15-4-3-10(5-16(15)26-2)14-6-12(13(7-19)17(20)24-14)11-8-22-18(21)23-9-11/h3-6,8-9H,1-2H3,(H2,20,24)(H2,21,22,23). The molecule has 3 rings (SSSR count). The van der Waals surface area contributed by atoms with Gasteiger partial charge in [0, 0.05) is 29.1 Å². The number of nitrogens with zero attached hydrogens (tertiary/aromatic N) is 4. The van der Waals surface area contributed by atoms with Gasteiger partial charge in [-0.2, -0.15) is 5.26 Å². The Morgan fingerprint density at radius 2 is 1.65 bits per heavy atom. The molecule has 0 atom stereocenters. The van der Waals surface area contributed by atoms with Crippen molar-refractivity contribution in [1.82, 2.24) is 15.0 Å². The summed E-state index contributed by atoms with van der Waals surface area (Å²) >= 11 is 0. The van der Waals surface area contributed by atoms with Crippen LogP contribution in [0, 0.1) is 11.3 Å². The average molecular weight is 348 g/mol. The molecule has 130 valence electrons. The minimum absolute atomic E-state index is 0.117. The van der Waals surface area contributed by atoms with E-state index >= 15 is 0 Å². The SMILES string of the molecule is COc1ccc(-c2cc(-c3cnc(N)nc3)c(C#N)c(N)n2)cc1OC. The molecule has 8 heteroatoms. The van der Waals surface area contributed by atoms with Crippen molar-refractivity contribution >= 4 is 11.8 Å². The summed E-state index contributed by atoms with van der Waals surface area (Å²) in [6, 6.07) is 9.23. The number of rotatable bonds is 4. The van der Waals surface area contributed by atoms with Crippen LogP contribution in [0.15, 0.2) is 36.7 Å². The maximum absolute atomic E-state index is 9.46. The molecule has 3 aromatic rings. The fourth-order valence-electron chi connectivity index (χ4n) is 2.53. The van der Waals surface area contributed by atoms with Crippen LogP contribution in [-0.4, -0.2) is 29.2 Å². The van der Waals surface area contributed by atoms with E-state index in [1.54, 1.807) is 32.4 Å². The van der Waals surface area contributed by atoms with Gasteiger partial charge >= 0.3 is 0 Å². The molecule has 0 aliphatic rings. The quantitative estimate of drug-likeness (QED) is 0.733. The van der Waals surface area contributed by atoms with Gasteiger partial charge in [0.2, 0.25) is 5.95 Å². The van der Waals surface area contributed by atoms with Crippen molar-refractivity contribution in [2.45, 2.75) is 0 Å². The molecule has 4 N–H and O–H groups in total. The summed E-state index contributed by atoms with van der Waals surface area (Å²) in [5, 5.41) is 9.46. The predicted molar refractivity (Wildman–Crippen MR) is 97.3 cm³/mol. The Morgan fingerprint density at radius 3 is 2.27 bits per heavy atom. The summed E-state index contributed by atoms with van der Waals surface area (Å²) in [7, 11) is 3.12. The predicted octanol–water partition coefficient (Wildman–Crippen LogP) is 2.26. The Kier molecular flexibility index (Phi) is 4.53. The number of nitrogen functional groups attached to an aromatic ring is 2. The van der Waals surface area contributed by atoms with Gasteiger partial charge in [-0.15, -0.1) is 0 Å². The number of pyridine rings is 1. The smallest absolute Gasteiger partial charge is 0.219 e. The third-order valence-electron chi connectivity index (χ3n) is 3.82. The summed E-state index contributed by atoms with van der Waals surface area (Å²) < 4.78 is 10.6. The van der Waals surface area contributed by atoms with Gasteiger partial charge in [-0.1, -0.05) is 0 Å². The summed E-state index contributed by atoms with van der Waals surface area (Å²) in [6.45, 7) is 0. The molecule has 1 aromatic carbocycles. The monoisotopic (exact) mass is 348 g/mol. The molecule has 8 nitrogen and oxygen atoms in total. The van der Waals surface area contributed by atoms with E-state index in [9.17, 15) is 5.26 Å². The first-order valence-electron chi connectivity index (χ1n) is 7.58. The minimum Gasteiger partial charge on any atom is -0.493 e. The summed E-state index contributed by atoms with van der Waals surface area (Å²) in [4.78, 5) is 12.3. The molecule has 0 saturated heterocycles. The summed E-state index contributed by atoms with van der Waals surface area (Å²) in [5.41, 5.74) is 14.3. The zero-order valence-electron chi connectivity index (χ0n) is 14.2. The first-order chi connectivity index (χ1) is 12.6. The van der Waals surface area contributed by atoms with Crippen LogP contribution in [0.4, 0.5) is 11.8 Å². The van der Waals surface area contributed by atoms with Gasteiger partial charge in [-0.3, -0.25) is 0 Å². The van der Waals surface area contributed by atoms with Crippen molar-refractivity contribution in [3.05, 3.63) is 42.2 Å². The average Bonchev–Trinajstić information content (AvgIpc) is 2.67. The Morgan fingerprint density at radius 1 is 0.962 bits per heavy atom. The van der Waals surface area contributed by atoms with Crippen LogP contribution in [0.5, 0.6) is 11.5 Å². The van der Waals surface area contributed by atoms with Gasteiger partial charge in [-0.05, 0) is 24.3 Å². The third-order valence-corrected chi connectivity index (χ3v) is 3.82. The molecule has 0 spiro atoms. The van der Waals surface area contributed by atoms with Gasteiger partial charge in [0.25, 0.3) is 0 Å². The van der Waals surface area contributed by atoms with Crippen LogP contribution in [0.3, 0.4) is 0 Å². The molecule has 0 fully saturated rings. The highest BCUT2D eigenvalue weighted by Crippen LogP contribution is 2.35. The topological polar surface area (TPSA) is 133 Å². The maximum Gasteiger partial charge on any atom is 0.219 e. The van der Waals surface area contributed by atoms with Gasteiger partial charge in [0.15, 0.2) is 11.5 Å². The lowest BCUT2D eigenvalue weighted by molar-refractivity contribution is 0.355. The van der Waals surface area contributed by atoms with E-state index in [4.69, 9.17) is 20.9 Å². The lowest BCUT2D eigenvalue weighted by atomic mass is 10.0. The molecule has 0 radical (unpaired) electrons. The largest absolute Gasteiger partial charge is 0.493 e. The van der Waals surface area contributed by atoms with Gasteiger partial charge in [0.1, 0.15) is 17.5 Å². The molecule has 0 amide bonds. The van der Waals surface area contributed by atoms with Crippen LogP contribution < -0.4 is 20.9 Å². The van der Waals surface area contributed by atoms with E-state index in [1.165, 1.54) is 12.4 Å². The molecule has 0 aliphatic heterocycles. The first kappa shape index (κ1) is 17.0. The fraction of sp³-hybridized carbons (Fsp3) is 0.111. The number of nitriles is 1. The van der Waals surface area contributed by atoms with E-state index in [0.29, 0.717) is 28.3 Å². The Labute approximate surface area is 150 Å². The highest BCUT2D eigenvalue weighted by Gasteiger charge is 2.15. The van der Waals surface area contributed by atoms with Crippen molar-refractivity contribution < 1.29 is 9.47 Å². The van der Waals surface area contributed by atoms with Crippen LogP contribution in [-0.2, 0) is 0 Å². The zero-order chi connectivity index (χ0) is 18.7. The molecule has 2 aromatic heterocycles. The van der Waals surface area contributed by atoms with E-state index < -0.39 is 0 Å². The Balaban J connectivity index is 2.18. The number of benzene rings is 1. The minimum atomic E-state index is 0.117. The van der Waals surface area contributed by atoms with Crippen LogP contribution in [0.1, 0.15) is 5.56 Å². The summed E-state index contributed by atoms with van der Waals surface area (Å²) in [5.74, 6) is 1.43. The lowest BCUT2D eigenvalue weighted by Gasteiger charge is -2.12. The molecular formula is C18H16N6O2. The first-order valence-corrected chi connectivity index (χ1v) is 7.58. The Bertz CT molecular complexity index is 996. The van der Waals surface area contributed by atoms with Crippen LogP contribution >= 0.6 is 0 Å². The van der Waals surface area contributed by atoms with Gasteiger partial charge in [0.05, 0.1) is 19.9 Å². The number of nitrogens with two attached hydrogens (primary N) is 2. The van der Waals surface area contributed by atoms with Crippen LogP contribution in [0.2, 0.25) is 0 Å². The highest BCUT2D eigenvalue weighted by atomic mass is 16.5. The maximum atomic E-state index is 9.46. The number of anilines is 2. The number of hydrogen-bond donors (Lipinski definition) is 2. The van der Waals surface area contributed by atoms with Gasteiger partial charge < -0.3 is 20.9 Å². The normalized spacial score (nSPS) is 10.2. The second-order valence-corrected chi connectivity index (χ2v) is 5.33. The molecule has 0 bridgehead atoms. The molecular weight excluding hydrogens is 332 g/mol. The molecule has 26 heavy (non-hydrogen) atoms. The number of ether oxygens (including phenoxy) is 2. The summed E-state index contributed by atoms with van der Waals surface area (Å²) in [6.07, 6.45) is 3.08. The molecule has 2 heterocycles. The highest BCUT2D eigenvalue weighted by molar-refractivity contribution is 5.80. The van der Waals surface area contributed by atoms with Crippen LogP contribution in [0.25, 0.3) is 22.4 Å². The molecule has 0 aliphatic carbocycles. The van der Waals surface area contributed by atoms with Crippen molar-refractivity contribution in [3.8, 4) is 40.0 Å². The second kappa shape index (κ2) is 6.94. The zero-order valence-corrected chi connectivity index (χ0v) is 14.2. The van der Waals surface area contributed by atoms with Crippen molar-refractivity contribution in [2.75, 3.05) is 25.7 Å². The number of methoxy groups -OCH3 is 2.